The molecule has 0 saturated carbocycles. The summed E-state index contributed by atoms with van der Waals surface area (Å²) in [6.45, 7) is 2.51. The summed E-state index contributed by atoms with van der Waals surface area (Å²) < 4.78 is 0. The Morgan fingerprint density at radius 2 is 1.62 bits per heavy atom. The first-order valence-corrected chi connectivity index (χ1v) is 8.10. The summed E-state index contributed by atoms with van der Waals surface area (Å²) in [5.74, 6) is 0.287. The molecule has 5 nitrogen and oxygen atoms in total. The maximum Gasteiger partial charge on any atom is 0.224 e. The van der Waals surface area contributed by atoms with E-state index in [1.165, 1.54) is 5.56 Å². The number of halogens is 1. The van der Waals surface area contributed by atoms with E-state index in [2.05, 4.69) is 15.6 Å². The highest BCUT2D eigenvalue weighted by atomic mass is 35.5. The molecule has 126 valence electrons. The second kappa shape index (κ2) is 8.93. The van der Waals surface area contributed by atoms with Crippen LogP contribution in [-0.2, 0) is 4.79 Å². The van der Waals surface area contributed by atoms with Crippen LogP contribution in [0.4, 0.5) is 11.4 Å². The zero-order valence-electron chi connectivity index (χ0n) is 13.6. The first-order chi connectivity index (χ1) is 11.5. The van der Waals surface area contributed by atoms with E-state index in [0.29, 0.717) is 30.4 Å². The van der Waals surface area contributed by atoms with Gasteiger partial charge in [-0.15, -0.1) is 0 Å². The van der Waals surface area contributed by atoms with Gasteiger partial charge in [-0.25, -0.2) is 0 Å². The maximum absolute atomic E-state index is 11.8. The van der Waals surface area contributed by atoms with Gasteiger partial charge >= 0.3 is 0 Å². The number of nitrogens with one attached hydrogen (secondary N) is 2. The van der Waals surface area contributed by atoms with Gasteiger partial charge in [0.2, 0.25) is 5.91 Å². The van der Waals surface area contributed by atoms with Crippen LogP contribution >= 0.6 is 11.6 Å². The van der Waals surface area contributed by atoms with Crippen molar-refractivity contribution >= 4 is 34.8 Å². The van der Waals surface area contributed by atoms with E-state index in [1.54, 1.807) is 24.3 Å². The van der Waals surface area contributed by atoms with Gasteiger partial charge in [-0.05, 0) is 49.7 Å². The quantitative estimate of drug-likeness (QED) is 0.423. The van der Waals surface area contributed by atoms with Gasteiger partial charge in [0.25, 0.3) is 0 Å². The molecule has 0 radical (unpaired) electrons. The van der Waals surface area contributed by atoms with Gasteiger partial charge in [-0.1, -0.05) is 29.3 Å². The van der Waals surface area contributed by atoms with Gasteiger partial charge in [0, 0.05) is 29.4 Å². The van der Waals surface area contributed by atoms with E-state index < -0.39 is 0 Å². The molecule has 0 atom stereocenters. The number of guanidine groups is 1. The van der Waals surface area contributed by atoms with Gasteiger partial charge < -0.3 is 16.4 Å². The Bertz CT molecular complexity index is 696. The Morgan fingerprint density at radius 1 is 1.04 bits per heavy atom. The van der Waals surface area contributed by atoms with Crippen LogP contribution in [0.15, 0.2) is 53.5 Å². The predicted octanol–water partition coefficient (Wildman–Crippen LogP) is 3.79. The van der Waals surface area contributed by atoms with Crippen molar-refractivity contribution in [2.75, 3.05) is 17.2 Å². The van der Waals surface area contributed by atoms with Crippen LogP contribution in [0.1, 0.15) is 18.4 Å². The number of anilines is 2. The first-order valence-electron chi connectivity index (χ1n) is 7.72. The highest BCUT2D eigenvalue weighted by Crippen LogP contribution is 2.13. The molecule has 0 bridgehead atoms. The predicted molar refractivity (Wildman–Crippen MR) is 101 cm³/mol. The van der Waals surface area contributed by atoms with Gasteiger partial charge in [0.05, 0.1) is 0 Å². The summed E-state index contributed by atoms with van der Waals surface area (Å²) in [4.78, 5) is 16.0. The summed E-state index contributed by atoms with van der Waals surface area (Å²) in [7, 11) is 0. The van der Waals surface area contributed by atoms with Crippen LogP contribution in [0.5, 0.6) is 0 Å². The molecule has 0 aliphatic heterocycles. The summed E-state index contributed by atoms with van der Waals surface area (Å²) >= 11 is 5.80. The molecule has 0 unspecified atom stereocenters. The Kier molecular flexibility index (Phi) is 6.63. The lowest BCUT2D eigenvalue weighted by Gasteiger charge is -2.06. The Labute approximate surface area is 146 Å². The van der Waals surface area contributed by atoms with Crippen LogP contribution in [0.3, 0.4) is 0 Å². The van der Waals surface area contributed by atoms with E-state index in [9.17, 15) is 4.79 Å². The molecule has 6 heteroatoms. The average molecular weight is 345 g/mol. The molecule has 1 amide bonds. The molecule has 2 aromatic rings. The average Bonchev–Trinajstić information content (AvgIpc) is 2.56. The number of amides is 1. The zero-order chi connectivity index (χ0) is 17.4. The number of hydrogen-bond donors (Lipinski definition) is 3. The fraction of sp³-hybridized carbons (Fsp3) is 0.222. The van der Waals surface area contributed by atoms with Crippen molar-refractivity contribution in [3.8, 4) is 0 Å². The van der Waals surface area contributed by atoms with Crippen molar-refractivity contribution < 1.29 is 4.79 Å². The Morgan fingerprint density at radius 3 is 2.29 bits per heavy atom. The third-order valence-electron chi connectivity index (χ3n) is 3.30. The van der Waals surface area contributed by atoms with Gasteiger partial charge in [0.15, 0.2) is 5.96 Å². The monoisotopic (exact) mass is 344 g/mol. The minimum absolute atomic E-state index is 0.0578. The van der Waals surface area contributed by atoms with Crippen molar-refractivity contribution in [2.45, 2.75) is 19.8 Å². The summed E-state index contributed by atoms with van der Waals surface area (Å²) in [6.07, 6.45) is 1.000. The van der Waals surface area contributed by atoms with Crippen LogP contribution < -0.4 is 16.4 Å². The molecule has 0 spiro atoms. The lowest BCUT2D eigenvalue weighted by atomic mass is 10.2. The van der Waals surface area contributed by atoms with Crippen molar-refractivity contribution in [1.29, 1.82) is 0 Å². The SMILES string of the molecule is Cc1ccc(NC(N)=NCCCC(=O)Nc2ccc(Cl)cc2)cc1. The number of aryl methyl sites for hydroxylation is 1. The van der Waals surface area contributed by atoms with E-state index in [0.717, 1.165) is 11.4 Å². The minimum atomic E-state index is -0.0578. The highest BCUT2D eigenvalue weighted by molar-refractivity contribution is 6.30. The van der Waals surface area contributed by atoms with Crippen LogP contribution in [0, 0.1) is 6.92 Å². The van der Waals surface area contributed by atoms with Crippen LogP contribution in [-0.4, -0.2) is 18.4 Å². The Hall–Kier alpha value is -2.53. The lowest BCUT2D eigenvalue weighted by Crippen LogP contribution is -2.23. The number of nitrogens with two attached hydrogens (primary N) is 1. The summed E-state index contributed by atoms with van der Waals surface area (Å²) in [5, 5.41) is 6.46. The number of carbonyl (C=O) groups is 1. The van der Waals surface area contributed by atoms with E-state index in [1.807, 2.05) is 31.2 Å². The maximum atomic E-state index is 11.8. The van der Waals surface area contributed by atoms with Crippen LogP contribution in [0.2, 0.25) is 5.02 Å². The van der Waals surface area contributed by atoms with Crippen molar-refractivity contribution in [3.63, 3.8) is 0 Å². The topological polar surface area (TPSA) is 79.5 Å². The largest absolute Gasteiger partial charge is 0.370 e. The second-order valence-electron chi connectivity index (χ2n) is 5.42. The van der Waals surface area contributed by atoms with Crippen molar-refractivity contribution in [1.82, 2.24) is 0 Å². The van der Waals surface area contributed by atoms with Gasteiger partial charge in [-0.2, -0.15) is 0 Å². The lowest BCUT2D eigenvalue weighted by molar-refractivity contribution is -0.116. The van der Waals surface area contributed by atoms with Gasteiger partial charge in [-0.3, -0.25) is 9.79 Å². The van der Waals surface area contributed by atoms with Crippen LogP contribution in [0.25, 0.3) is 0 Å². The molecule has 0 heterocycles. The minimum Gasteiger partial charge on any atom is -0.370 e. The van der Waals surface area contributed by atoms with Crippen molar-refractivity contribution in [3.05, 3.63) is 59.1 Å². The number of benzene rings is 2. The molecule has 0 aliphatic rings. The van der Waals surface area contributed by atoms with Gasteiger partial charge in [0.1, 0.15) is 0 Å². The normalized spacial score (nSPS) is 11.2. The second-order valence-corrected chi connectivity index (χ2v) is 5.85. The summed E-state index contributed by atoms with van der Waals surface area (Å²) in [5.41, 5.74) is 8.63. The number of carbonyl (C=O) groups excluding carboxylic acids is 1. The third-order valence-corrected chi connectivity index (χ3v) is 3.55. The number of nitrogens with zero attached hydrogens (tertiary/aromatic N) is 1. The number of aliphatic imine (C=N–C) groups is 1. The Balaban J connectivity index is 1.70. The number of rotatable bonds is 6. The molecule has 2 rings (SSSR count). The molecule has 0 aliphatic carbocycles. The fourth-order valence-corrected chi connectivity index (χ4v) is 2.15. The standard InChI is InChI=1S/C18H21ClN4O/c1-13-4-8-16(9-5-13)23-18(20)21-12-2-3-17(24)22-15-10-6-14(19)7-11-15/h4-11H,2-3,12H2,1H3,(H,22,24)(H3,20,21,23). The molecule has 0 fully saturated rings. The smallest absolute Gasteiger partial charge is 0.224 e. The summed E-state index contributed by atoms with van der Waals surface area (Å²) in [6, 6.07) is 14.9. The molecule has 2 aromatic carbocycles. The highest BCUT2D eigenvalue weighted by Gasteiger charge is 2.02. The number of hydrogen-bond acceptors (Lipinski definition) is 2. The molecular formula is C18H21ClN4O. The molecule has 0 saturated heterocycles. The third kappa shape index (κ3) is 6.30. The molecule has 4 N–H and O–H groups in total. The molecular weight excluding hydrogens is 324 g/mol. The molecule has 24 heavy (non-hydrogen) atoms. The fourth-order valence-electron chi connectivity index (χ4n) is 2.02. The molecule has 0 aromatic heterocycles. The van der Waals surface area contributed by atoms with E-state index in [4.69, 9.17) is 17.3 Å². The van der Waals surface area contributed by atoms with E-state index in [-0.39, 0.29) is 5.91 Å². The van der Waals surface area contributed by atoms with Crippen molar-refractivity contribution in [2.24, 2.45) is 10.7 Å². The van der Waals surface area contributed by atoms with E-state index >= 15 is 0 Å². The first kappa shape index (κ1) is 17.8. The zero-order valence-corrected chi connectivity index (χ0v) is 14.3.